The fourth-order valence-electron chi connectivity index (χ4n) is 2.74. The number of amides is 1. The van der Waals surface area contributed by atoms with Crippen LogP contribution in [0.3, 0.4) is 0 Å². The molecular weight excluding hydrogens is 326 g/mol. The summed E-state index contributed by atoms with van der Waals surface area (Å²) in [5, 5.41) is 13.6. The Hall–Kier alpha value is -3.11. The lowest BCUT2D eigenvalue weighted by Gasteiger charge is -2.24. The summed E-state index contributed by atoms with van der Waals surface area (Å²) < 4.78 is 5.30. The van der Waals surface area contributed by atoms with Crippen molar-refractivity contribution in [3.8, 4) is 0 Å². The molecular formula is C22H21NO3. The van der Waals surface area contributed by atoms with E-state index in [0.717, 1.165) is 16.7 Å². The number of rotatable bonds is 6. The molecule has 0 aliphatic heterocycles. The number of carbonyl (C=O) groups excluding carboxylic acids is 1. The average molecular weight is 347 g/mol. The first-order chi connectivity index (χ1) is 12.7. The van der Waals surface area contributed by atoms with Gasteiger partial charge in [-0.2, -0.15) is 0 Å². The Morgan fingerprint density at radius 1 is 0.808 bits per heavy atom. The molecule has 3 aromatic carbocycles. The van der Waals surface area contributed by atoms with Crippen LogP contribution in [-0.2, 0) is 11.3 Å². The van der Waals surface area contributed by atoms with E-state index in [1.807, 2.05) is 91.0 Å². The number of aliphatic hydroxyl groups excluding tert-OH is 1. The van der Waals surface area contributed by atoms with Gasteiger partial charge in [-0.15, -0.1) is 0 Å². The lowest BCUT2D eigenvalue weighted by molar-refractivity contribution is 0.102. The maximum atomic E-state index is 12.3. The van der Waals surface area contributed by atoms with E-state index in [1.54, 1.807) is 0 Å². The largest absolute Gasteiger partial charge is 0.445 e. The molecule has 0 aliphatic rings. The summed E-state index contributed by atoms with van der Waals surface area (Å²) in [5.41, 5.74) is 2.44. The van der Waals surface area contributed by atoms with Gasteiger partial charge in [-0.25, -0.2) is 4.79 Å². The Bertz CT molecular complexity index is 807. The zero-order valence-electron chi connectivity index (χ0n) is 14.3. The highest BCUT2D eigenvalue weighted by Gasteiger charge is 2.25. The molecule has 1 unspecified atom stereocenters. The van der Waals surface area contributed by atoms with E-state index in [1.165, 1.54) is 0 Å². The molecule has 0 saturated heterocycles. The van der Waals surface area contributed by atoms with Crippen molar-refractivity contribution in [1.29, 1.82) is 0 Å². The van der Waals surface area contributed by atoms with Crippen LogP contribution < -0.4 is 5.32 Å². The summed E-state index contributed by atoms with van der Waals surface area (Å²) in [7, 11) is 0. The Balaban J connectivity index is 1.72. The molecule has 0 fully saturated rings. The summed E-state index contributed by atoms with van der Waals surface area (Å²) in [6.45, 7) is 0.176. The van der Waals surface area contributed by atoms with Gasteiger partial charge in [0.05, 0.1) is 6.04 Å². The standard InChI is InChI=1S/C22H21NO3/c24-21(19-14-8-3-9-15-19)20(18-12-6-2-7-13-18)23-22(25)26-16-17-10-4-1-5-11-17/h1-15,20-21,24H,16H2,(H,23,25)/t20?,21-/m1/s1. The van der Waals surface area contributed by atoms with Gasteiger partial charge in [-0.05, 0) is 16.7 Å². The topological polar surface area (TPSA) is 58.6 Å². The van der Waals surface area contributed by atoms with Gasteiger partial charge >= 0.3 is 6.09 Å². The Labute approximate surface area is 153 Å². The van der Waals surface area contributed by atoms with E-state index in [0.29, 0.717) is 0 Å². The number of benzene rings is 3. The van der Waals surface area contributed by atoms with Crippen LogP contribution in [0.1, 0.15) is 28.8 Å². The van der Waals surface area contributed by atoms with Crippen LogP contribution in [0.4, 0.5) is 4.79 Å². The minimum absolute atomic E-state index is 0.176. The molecule has 2 atom stereocenters. The molecule has 3 aromatic rings. The smallest absolute Gasteiger partial charge is 0.408 e. The van der Waals surface area contributed by atoms with E-state index >= 15 is 0 Å². The van der Waals surface area contributed by atoms with Gasteiger partial charge in [0.15, 0.2) is 0 Å². The highest BCUT2D eigenvalue weighted by Crippen LogP contribution is 2.28. The maximum Gasteiger partial charge on any atom is 0.408 e. The summed E-state index contributed by atoms with van der Waals surface area (Å²) >= 11 is 0. The summed E-state index contributed by atoms with van der Waals surface area (Å²) in [5.74, 6) is 0. The highest BCUT2D eigenvalue weighted by atomic mass is 16.5. The number of hydrogen-bond acceptors (Lipinski definition) is 3. The third-order valence-corrected chi connectivity index (χ3v) is 4.10. The Kier molecular flexibility index (Phi) is 6.01. The molecule has 0 heterocycles. The van der Waals surface area contributed by atoms with Crippen molar-refractivity contribution in [1.82, 2.24) is 5.32 Å². The lowest BCUT2D eigenvalue weighted by Crippen LogP contribution is -2.33. The van der Waals surface area contributed by atoms with Crippen molar-refractivity contribution < 1.29 is 14.6 Å². The minimum atomic E-state index is -0.886. The number of ether oxygens (including phenoxy) is 1. The highest BCUT2D eigenvalue weighted by molar-refractivity contribution is 5.68. The Morgan fingerprint density at radius 3 is 1.88 bits per heavy atom. The van der Waals surface area contributed by atoms with Crippen molar-refractivity contribution in [2.24, 2.45) is 0 Å². The SMILES string of the molecule is O=C(NC(c1ccccc1)[C@H](O)c1ccccc1)OCc1ccccc1. The van der Waals surface area contributed by atoms with Crippen molar-refractivity contribution in [2.45, 2.75) is 18.8 Å². The van der Waals surface area contributed by atoms with E-state index in [9.17, 15) is 9.90 Å². The molecule has 0 aliphatic carbocycles. The number of alkyl carbamates (subject to hydrolysis) is 1. The Morgan fingerprint density at radius 2 is 1.31 bits per heavy atom. The molecule has 0 aromatic heterocycles. The summed E-state index contributed by atoms with van der Waals surface area (Å²) in [4.78, 5) is 12.3. The number of aliphatic hydroxyl groups is 1. The van der Waals surface area contributed by atoms with Crippen molar-refractivity contribution in [2.75, 3.05) is 0 Å². The lowest BCUT2D eigenvalue weighted by atomic mass is 9.96. The van der Waals surface area contributed by atoms with Crippen LogP contribution in [0.15, 0.2) is 91.0 Å². The molecule has 1 amide bonds. The first-order valence-electron chi connectivity index (χ1n) is 8.49. The van der Waals surface area contributed by atoms with Gasteiger partial charge in [0.1, 0.15) is 12.7 Å². The molecule has 132 valence electrons. The number of nitrogens with one attached hydrogen (secondary N) is 1. The second-order valence-corrected chi connectivity index (χ2v) is 5.95. The second-order valence-electron chi connectivity index (χ2n) is 5.95. The van der Waals surface area contributed by atoms with Crippen molar-refractivity contribution >= 4 is 6.09 Å². The van der Waals surface area contributed by atoms with Crippen LogP contribution in [0.25, 0.3) is 0 Å². The van der Waals surface area contributed by atoms with Crippen molar-refractivity contribution in [3.05, 3.63) is 108 Å². The fourth-order valence-corrected chi connectivity index (χ4v) is 2.74. The van der Waals surface area contributed by atoms with Gasteiger partial charge in [-0.3, -0.25) is 0 Å². The van der Waals surface area contributed by atoms with Gasteiger partial charge in [0.2, 0.25) is 0 Å². The first kappa shape index (κ1) is 17.7. The molecule has 2 N–H and O–H groups in total. The first-order valence-corrected chi connectivity index (χ1v) is 8.49. The fraction of sp³-hybridized carbons (Fsp3) is 0.136. The van der Waals surface area contributed by atoms with Gasteiger partial charge in [0.25, 0.3) is 0 Å². The number of carbonyl (C=O) groups is 1. The zero-order valence-corrected chi connectivity index (χ0v) is 14.3. The van der Waals surface area contributed by atoms with Gasteiger partial charge < -0.3 is 15.2 Å². The molecule has 4 heteroatoms. The van der Waals surface area contributed by atoms with E-state index < -0.39 is 18.2 Å². The van der Waals surface area contributed by atoms with E-state index in [4.69, 9.17) is 4.74 Å². The molecule has 0 radical (unpaired) electrons. The molecule has 4 nitrogen and oxygen atoms in total. The van der Waals surface area contributed by atoms with Gasteiger partial charge in [-0.1, -0.05) is 91.0 Å². The molecule has 26 heavy (non-hydrogen) atoms. The maximum absolute atomic E-state index is 12.3. The van der Waals surface area contributed by atoms with Crippen LogP contribution in [0.2, 0.25) is 0 Å². The predicted octanol–water partition coefficient (Wildman–Crippen LogP) is 4.39. The molecule has 0 saturated carbocycles. The summed E-state index contributed by atoms with van der Waals surface area (Å²) in [6.07, 6.45) is -1.46. The van der Waals surface area contributed by atoms with E-state index in [-0.39, 0.29) is 6.61 Å². The average Bonchev–Trinajstić information content (AvgIpc) is 2.72. The predicted molar refractivity (Wildman–Crippen MR) is 100 cm³/mol. The van der Waals surface area contributed by atoms with Crippen LogP contribution >= 0.6 is 0 Å². The van der Waals surface area contributed by atoms with Crippen LogP contribution in [-0.4, -0.2) is 11.2 Å². The zero-order chi connectivity index (χ0) is 18.2. The van der Waals surface area contributed by atoms with Crippen molar-refractivity contribution in [3.63, 3.8) is 0 Å². The van der Waals surface area contributed by atoms with E-state index in [2.05, 4.69) is 5.32 Å². The van der Waals surface area contributed by atoms with Gasteiger partial charge in [0, 0.05) is 0 Å². The third kappa shape index (κ3) is 4.71. The molecule has 0 spiro atoms. The normalized spacial score (nSPS) is 12.8. The quantitative estimate of drug-likeness (QED) is 0.695. The van der Waals surface area contributed by atoms with Crippen LogP contribution in [0.5, 0.6) is 0 Å². The monoisotopic (exact) mass is 347 g/mol. The second kappa shape index (κ2) is 8.83. The number of hydrogen-bond donors (Lipinski definition) is 2. The third-order valence-electron chi connectivity index (χ3n) is 4.10. The molecule has 0 bridgehead atoms. The summed E-state index contributed by atoms with van der Waals surface area (Å²) in [6, 6.07) is 27.5. The van der Waals surface area contributed by atoms with Crippen LogP contribution in [0, 0.1) is 0 Å². The minimum Gasteiger partial charge on any atom is -0.445 e. The molecule has 3 rings (SSSR count).